The van der Waals surface area contributed by atoms with Gasteiger partial charge in [0.15, 0.2) is 0 Å². The highest BCUT2D eigenvalue weighted by atomic mass is 79.9. The van der Waals surface area contributed by atoms with Gasteiger partial charge in [-0.3, -0.25) is 4.79 Å². The number of aromatic nitrogens is 2. The number of hydrogen-bond acceptors (Lipinski definition) is 4. The van der Waals surface area contributed by atoms with Crippen molar-refractivity contribution in [3.63, 3.8) is 0 Å². The van der Waals surface area contributed by atoms with Crippen molar-refractivity contribution < 1.29 is 4.74 Å². The van der Waals surface area contributed by atoms with Crippen LogP contribution in [0.25, 0.3) is 0 Å². The summed E-state index contributed by atoms with van der Waals surface area (Å²) in [5.41, 5.74) is 1.66. The minimum atomic E-state index is -0.174. The van der Waals surface area contributed by atoms with Crippen LogP contribution in [0.5, 0.6) is 0 Å². The molecule has 2 aromatic rings. The van der Waals surface area contributed by atoms with Crippen LogP contribution in [0.1, 0.15) is 17.1 Å². The van der Waals surface area contributed by atoms with E-state index in [9.17, 15) is 4.79 Å². The Kier molecular flexibility index (Phi) is 5.39. The number of aryl methyl sites for hydroxylation is 1. The van der Waals surface area contributed by atoms with Crippen molar-refractivity contribution in [1.82, 2.24) is 9.97 Å². The van der Waals surface area contributed by atoms with Gasteiger partial charge in [-0.05, 0) is 35.0 Å². The molecule has 0 aliphatic heterocycles. The Morgan fingerprint density at radius 2 is 2.25 bits per heavy atom. The van der Waals surface area contributed by atoms with Crippen LogP contribution < -0.4 is 5.56 Å². The molecule has 0 saturated carbocycles. The lowest BCUT2D eigenvalue weighted by molar-refractivity contribution is 0.180. The highest BCUT2D eigenvalue weighted by Crippen LogP contribution is 2.22. The number of thioether (sulfide) groups is 1. The standard InChI is InChI=1S/C14H15BrN2O2S/c1-9-4-3-5-10(6-9)20-8-12-16-11(7-19-2)13(15)14(18)17-12/h3-6H,7-8H2,1-2H3,(H,16,17,18). The largest absolute Gasteiger partial charge is 0.378 e. The van der Waals surface area contributed by atoms with Crippen LogP contribution in [0, 0.1) is 6.92 Å². The molecule has 4 nitrogen and oxygen atoms in total. The highest BCUT2D eigenvalue weighted by Gasteiger charge is 2.09. The van der Waals surface area contributed by atoms with E-state index in [-0.39, 0.29) is 5.56 Å². The van der Waals surface area contributed by atoms with E-state index in [1.54, 1.807) is 18.9 Å². The Morgan fingerprint density at radius 1 is 1.45 bits per heavy atom. The number of rotatable bonds is 5. The lowest BCUT2D eigenvalue weighted by atomic mass is 10.2. The Labute approximate surface area is 130 Å². The number of nitrogens with one attached hydrogen (secondary N) is 1. The average Bonchev–Trinajstić information content (AvgIpc) is 2.42. The number of methoxy groups -OCH3 is 1. The zero-order chi connectivity index (χ0) is 14.5. The molecule has 1 aromatic carbocycles. The fourth-order valence-corrected chi connectivity index (χ4v) is 2.90. The van der Waals surface area contributed by atoms with Crippen molar-refractivity contribution in [3.05, 3.63) is 56.2 Å². The Morgan fingerprint density at radius 3 is 2.95 bits per heavy atom. The van der Waals surface area contributed by atoms with Gasteiger partial charge in [0.05, 0.1) is 18.1 Å². The van der Waals surface area contributed by atoms with Gasteiger partial charge in [0.1, 0.15) is 10.3 Å². The third-order valence-electron chi connectivity index (χ3n) is 2.63. The highest BCUT2D eigenvalue weighted by molar-refractivity contribution is 9.10. The van der Waals surface area contributed by atoms with Crippen molar-refractivity contribution in [3.8, 4) is 0 Å². The number of benzene rings is 1. The first-order chi connectivity index (χ1) is 9.60. The number of ether oxygens (including phenoxy) is 1. The predicted octanol–water partition coefficient (Wildman–Crippen LogP) is 3.28. The molecule has 20 heavy (non-hydrogen) atoms. The minimum absolute atomic E-state index is 0.174. The van der Waals surface area contributed by atoms with Crippen LogP contribution in [0.2, 0.25) is 0 Å². The van der Waals surface area contributed by atoms with E-state index in [4.69, 9.17) is 4.74 Å². The summed E-state index contributed by atoms with van der Waals surface area (Å²) in [6.45, 7) is 2.37. The van der Waals surface area contributed by atoms with Crippen LogP contribution >= 0.6 is 27.7 Å². The van der Waals surface area contributed by atoms with E-state index in [2.05, 4.69) is 45.0 Å². The van der Waals surface area contributed by atoms with Crippen LogP contribution in [0.4, 0.5) is 0 Å². The van der Waals surface area contributed by atoms with E-state index in [0.29, 0.717) is 28.4 Å². The summed E-state index contributed by atoms with van der Waals surface area (Å²) >= 11 is 4.87. The summed E-state index contributed by atoms with van der Waals surface area (Å²) in [7, 11) is 1.58. The Hall–Kier alpha value is -1.11. The van der Waals surface area contributed by atoms with Crippen molar-refractivity contribution in [2.24, 2.45) is 0 Å². The van der Waals surface area contributed by atoms with Gasteiger partial charge >= 0.3 is 0 Å². The number of aromatic amines is 1. The molecule has 6 heteroatoms. The van der Waals surface area contributed by atoms with Crippen LogP contribution in [-0.2, 0) is 17.1 Å². The van der Waals surface area contributed by atoms with Gasteiger partial charge in [-0.2, -0.15) is 0 Å². The van der Waals surface area contributed by atoms with Crippen molar-refractivity contribution >= 4 is 27.7 Å². The lowest BCUT2D eigenvalue weighted by Gasteiger charge is -2.06. The molecule has 0 radical (unpaired) electrons. The summed E-state index contributed by atoms with van der Waals surface area (Å²) in [6, 6.07) is 8.23. The topological polar surface area (TPSA) is 55.0 Å². The quantitative estimate of drug-likeness (QED) is 0.837. The molecule has 1 heterocycles. The Balaban J connectivity index is 2.15. The van der Waals surface area contributed by atoms with Gasteiger partial charge in [-0.1, -0.05) is 17.7 Å². The molecule has 0 bridgehead atoms. The molecule has 2 rings (SSSR count). The van der Waals surface area contributed by atoms with Crippen molar-refractivity contribution in [2.75, 3.05) is 7.11 Å². The van der Waals surface area contributed by atoms with Crippen LogP contribution in [0.3, 0.4) is 0 Å². The van der Waals surface area contributed by atoms with E-state index < -0.39 is 0 Å². The Bertz CT molecular complexity index is 658. The second-order valence-corrected chi connectivity index (χ2v) is 6.15. The van der Waals surface area contributed by atoms with Crippen LogP contribution in [0.15, 0.2) is 38.4 Å². The summed E-state index contributed by atoms with van der Waals surface area (Å²) in [4.78, 5) is 20.1. The summed E-state index contributed by atoms with van der Waals surface area (Å²) in [5.74, 6) is 1.26. The number of H-pyrrole nitrogens is 1. The molecule has 1 aromatic heterocycles. The minimum Gasteiger partial charge on any atom is -0.378 e. The maximum Gasteiger partial charge on any atom is 0.265 e. The van der Waals surface area contributed by atoms with Gasteiger partial charge in [-0.25, -0.2) is 4.98 Å². The van der Waals surface area contributed by atoms with E-state index in [1.165, 1.54) is 5.56 Å². The second-order valence-electron chi connectivity index (χ2n) is 4.31. The molecule has 0 aliphatic rings. The van der Waals surface area contributed by atoms with Crippen LogP contribution in [-0.4, -0.2) is 17.1 Å². The van der Waals surface area contributed by atoms with E-state index in [0.717, 1.165) is 4.90 Å². The summed E-state index contributed by atoms with van der Waals surface area (Å²) in [6.07, 6.45) is 0. The molecule has 0 saturated heterocycles. The third-order valence-corrected chi connectivity index (χ3v) is 4.45. The first-order valence-electron chi connectivity index (χ1n) is 6.06. The van der Waals surface area contributed by atoms with E-state index >= 15 is 0 Å². The average molecular weight is 355 g/mol. The first-order valence-corrected chi connectivity index (χ1v) is 7.84. The van der Waals surface area contributed by atoms with E-state index in [1.807, 2.05) is 12.1 Å². The van der Waals surface area contributed by atoms with Gasteiger partial charge in [0.25, 0.3) is 5.56 Å². The van der Waals surface area contributed by atoms with Gasteiger partial charge in [0, 0.05) is 12.0 Å². The number of hydrogen-bond donors (Lipinski definition) is 1. The van der Waals surface area contributed by atoms with Gasteiger partial charge in [0.2, 0.25) is 0 Å². The molecular weight excluding hydrogens is 340 g/mol. The second kappa shape index (κ2) is 7.06. The smallest absolute Gasteiger partial charge is 0.265 e. The zero-order valence-electron chi connectivity index (χ0n) is 11.3. The molecule has 0 fully saturated rings. The third kappa shape index (κ3) is 3.94. The SMILES string of the molecule is COCc1nc(CSc2cccc(C)c2)[nH]c(=O)c1Br. The normalized spacial score (nSPS) is 10.8. The maximum atomic E-state index is 11.8. The molecule has 0 aliphatic carbocycles. The van der Waals surface area contributed by atoms with Gasteiger partial charge in [-0.15, -0.1) is 11.8 Å². The number of nitrogens with zero attached hydrogens (tertiary/aromatic N) is 1. The zero-order valence-corrected chi connectivity index (χ0v) is 13.7. The van der Waals surface area contributed by atoms with Gasteiger partial charge < -0.3 is 9.72 Å². The van der Waals surface area contributed by atoms with Crippen molar-refractivity contribution in [1.29, 1.82) is 0 Å². The molecule has 106 valence electrons. The molecule has 0 amide bonds. The van der Waals surface area contributed by atoms with Crippen molar-refractivity contribution in [2.45, 2.75) is 24.2 Å². The first kappa shape index (κ1) is 15.3. The molecule has 0 atom stereocenters. The fraction of sp³-hybridized carbons (Fsp3) is 0.286. The molecular formula is C14H15BrN2O2S. The summed E-state index contributed by atoms with van der Waals surface area (Å²) < 4.78 is 5.48. The summed E-state index contributed by atoms with van der Waals surface area (Å²) in [5, 5.41) is 0. The monoisotopic (exact) mass is 354 g/mol. The predicted molar refractivity (Wildman–Crippen MR) is 84.0 cm³/mol. The lowest BCUT2D eigenvalue weighted by Crippen LogP contribution is -2.15. The number of halogens is 1. The maximum absolute atomic E-state index is 11.8. The molecule has 0 spiro atoms. The molecule has 1 N–H and O–H groups in total. The molecule has 0 unspecified atom stereocenters. The fourth-order valence-electron chi connectivity index (χ4n) is 1.71.